The van der Waals surface area contributed by atoms with Gasteiger partial charge < -0.3 is 4.90 Å². The van der Waals surface area contributed by atoms with Crippen molar-refractivity contribution in [1.82, 2.24) is 4.90 Å². The van der Waals surface area contributed by atoms with Crippen LogP contribution >= 0.6 is 0 Å². The van der Waals surface area contributed by atoms with E-state index in [-0.39, 0.29) is 0 Å². The molecule has 0 spiro atoms. The Bertz CT molecular complexity index is 144. The second-order valence-electron chi connectivity index (χ2n) is 3.94. The third kappa shape index (κ3) is 4.41. The van der Waals surface area contributed by atoms with Crippen molar-refractivity contribution in [2.75, 3.05) is 19.6 Å². The van der Waals surface area contributed by atoms with Gasteiger partial charge >= 0.3 is 0 Å². The first-order valence-corrected chi connectivity index (χ1v) is 5.57. The molecule has 0 radical (unpaired) electrons. The van der Waals surface area contributed by atoms with E-state index in [2.05, 4.69) is 11.8 Å². The normalized spacial score (nSPS) is 21.2. The monoisotopic (exact) mass is 183 g/mol. The third-order valence-electron chi connectivity index (χ3n) is 2.69. The quantitative estimate of drug-likeness (QED) is 0.668. The van der Waals surface area contributed by atoms with E-state index in [1.165, 1.54) is 19.4 Å². The van der Waals surface area contributed by atoms with E-state index in [9.17, 15) is 4.79 Å². The highest BCUT2D eigenvalue weighted by molar-refractivity contribution is 5.78. The van der Waals surface area contributed by atoms with Gasteiger partial charge in [0.1, 0.15) is 5.78 Å². The maximum absolute atomic E-state index is 11.1. The van der Waals surface area contributed by atoms with Crippen LogP contribution in [0.2, 0.25) is 0 Å². The van der Waals surface area contributed by atoms with Gasteiger partial charge in [0.15, 0.2) is 0 Å². The molecule has 1 saturated heterocycles. The first kappa shape index (κ1) is 10.7. The van der Waals surface area contributed by atoms with E-state index in [0.717, 1.165) is 38.8 Å². The van der Waals surface area contributed by atoms with Crippen LogP contribution < -0.4 is 0 Å². The molecular formula is C11H21NO. The molecule has 2 heteroatoms. The van der Waals surface area contributed by atoms with Crippen molar-refractivity contribution in [2.24, 2.45) is 0 Å². The zero-order valence-electron chi connectivity index (χ0n) is 8.72. The lowest BCUT2D eigenvalue weighted by Crippen LogP contribution is -2.29. The summed E-state index contributed by atoms with van der Waals surface area (Å²) < 4.78 is 0. The van der Waals surface area contributed by atoms with Crippen LogP contribution in [0.1, 0.15) is 45.4 Å². The van der Waals surface area contributed by atoms with E-state index in [1.54, 1.807) is 0 Å². The van der Waals surface area contributed by atoms with Gasteiger partial charge in [0, 0.05) is 12.8 Å². The van der Waals surface area contributed by atoms with Crippen LogP contribution in [-0.4, -0.2) is 30.3 Å². The molecule has 1 aliphatic rings. The molecule has 1 heterocycles. The van der Waals surface area contributed by atoms with Crippen molar-refractivity contribution in [1.29, 1.82) is 0 Å². The number of hydrogen-bond acceptors (Lipinski definition) is 2. The Morgan fingerprint density at radius 2 is 1.85 bits per heavy atom. The summed E-state index contributed by atoms with van der Waals surface area (Å²) in [7, 11) is 0. The van der Waals surface area contributed by atoms with Crippen LogP contribution in [0.15, 0.2) is 0 Å². The summed E-state index contributed by atoms with van der Waals surface area (Å²) in [6.07, 6.45) is 6.33. The van der Waals surface area contributed by atoms with Gasteiger partial charge in [0.25, 0.3) is 0 Å². The molecule has 0 saturated carbocycles. The van der Waals surface area contributed by atoms with Gasteiger partial charge in [-0.05, 0) is 38.9 Å². The second-order valence-corrected chi connectivity index (χ2v) is 3.94. The van der Waals surface area contributed by atoms with E-state index >= 15 is 0 Å². The summed E-state index contributed by atoms with van der Waals surface area (Å²) >= 11 is 0. The van der Waals surface area contributed by atoms with Crippen molar-refractivity contribution in [3.63, 3.8) is 0 Å². The van der Waals surface area contributed by atoms with Crippen LogP contribution in [0.5, 0.6) is 0 Å². The number of hydrogen-bond donors (Lipinski definition) is 0. The highest BCUT2D eigenvalue weighted by atomic mass is 16.1. The number of likely N-dealkylation sites (tertiary alicyclic amines) is 1. The Balaban J connectivity index is 2.20. The Hall–Kier alpha value is -0.370. The summed E-state index contributed by atoms with van der Waals surface area (Å²) in [6, 6.07) is 0. The van der Waals surface area contributed by atoms with Gasteiger partial charge in [-0.15, -0.1) is 0 Å². The summed E-state index contributed by atoms with van der Waals surface area (Å²) in [5.74, 6) is 0.468. The van der Waals surface area contributed by atoms with Gasteiger partial charge in [-0.1, -0.05) is 13.3 Å². The van der Waals surface area contributed by atoms with E-state index in [1.807, 2.05) is 0 Å². The van der Waals surface area contributed by atoms with Gasteiger partial charge in [0.05, 0.1) is 0 Å². The second kappa shape index (κ2) is 6.14. The molecular weight excluding hydrogens is 162 g/mol. The minimum absolute atomic E-state index is 0.468. The number of nitrogens with zero attached hydrogens (tertiary/aromatic N) is 1. The molecule has 0 aliphatic carbocycles. The Kier molecular flexibility index (Phi) is 5.06. The fraction of sp³-hybridized carbons (Fsp3) is 0.909. The van der Waals surface area contributed by atoms with Crippen molar-refractivity contribution < 1.29 is 4.79 Å². The summed E-state index contributed by atoms with van der Waals surface area (Å²) in [5, 5.41) is 0. The molecule has 1 aliphatic heterocycles. The maximum Gasteiger partial charge on any atom is 0.133 e. The van der Waals surface area contributed by atoms with Crippen molar-refractivity contribution in [2.45, 2.75) is 45.4 Å². The SMILES string of the molecule is CCCCN1CCCC(=O)CCC1. The highest BCUT2D eigenvalue weighted by Crippen LogP contribution is 2.08. The van der Waals surface area contributed by atoms with E-state index < -0.39 is 0 Å². The molecule has 13 heavy (non-hydrogen) atoms. The first-order valence-electron chi connectivity index (χ1n) is 5.57. The minimum Gasteiger partial charge on any atom is -0.303 e. The van der Waals surface area contributed by atoms with E-state index in [0.29, 0.717) is 5.78 Å². The summed E-state index contributed by atoms with van der Waals surface area (Å²) in [4.78, 5) is 13.6. The third-order valence-corrected chi connectivity index (χ3v) is 2.69. The zero-order chi connectivity index (χ0) is 9.52. The van der Waals surface area contributed by atoms with Crippen LogP contribution in [0.4, 0.5) is 0 Å². The molecule has 0 aromatic rings. The van der Waals surface area contributed by atoms with Crippen LogP contribution in [-0.2, 0) is 4.79 Å². The highest BCUT2D eigenvalue weighted by Gasteiger charge is 2.10. The molecule has 0 unspecified atom stereocenters. The summed E-state index contributed by atoms with van der Waals surface area (Å²) in [5.41, 5.74) is 0. The van der Waals surface area contributed by atoms with Crippen molar-refractivity contribution in [3.05, 3.63) is 0 Å². The zero-order valence-corrected chi connectivity index (χ0v) is 8.72. The number of carbonyl (C=O) groups is 1. The molecule has 76 valence electrons. The molecule has 0 atom stereocenters. The number of carbonyl (C=O) groups excluding carboxylic acids is 1. The smallest absolute Gasteiger partial charge is 0.133 e. The van der Waals surface area contributed by atoms with Crippen LogP contribution in [0.25, 0.3) is 0 Å². The lowest BCUT2D eigenvalue weighted by molar-refractivity contribution is -0.119. The Morgan fingerprint density at radius 1 is 1.23 bits per heavy atom. The summed E-state index contributed by atoms with van der Waals surface area (Å²) in [6.45, 7) is 5.72. The van der Waals surface area contributed by atoms with Gasteiger partial charge in [-0.3, -0.25) is 4.79 Å². The van der Waals surface area contributed by atoms with Gasteiger partial charge in [-0.25, -0.2) is 0 Å². The predicted octanol–water partition coefficient (Wildman–Crippen LogP) is 2.23. The molecule has 1 fully saturated rings. The lowest BCUT2D eigenvalue weighted by Gasteiger charge is -2.23. The molecule has 1 rings (SSSR count). The Morgan fingerprint density at radius 3 is 2.38 bits per heavy atom. The van der Waals surface area contributed by atoms with Crippen molar-refractivity contribution >= 4 is 5.78 Å². The maximum atomic E-state index is 11.1. The van der Waals surface area contributed by atoms with Crippen molar-refractivity contribution in [3.8, 4) is 0 Å². The van der Waals surface area contributed by atoms with Crippen LogP contribution in [0.3, 0.4) is 0 Å². The minimum atomic E-state index is 0.468. The molecule has 0 amide bonds. The number of rotatable bonds is 3. The first-order chi connectivity index (χ1) is 6.33. The molecule has 0 N–H and O–H groups in total. The van der Waals surface area contributed by atoms with Crippen LogP contribution in [0, 0.1) is 0 Å². The topological polar surface area (TPSA) is 20.3 Å². The van der Waals surface area contributed by atoms with Gasteiger partial charge in [0.2, 0.25) is 0 Å². The molecule has 0 bridgehead atoms. The average Bonchev–Trinajstić information content (AvgIpc) is 2.09. The number of unbranched alkanes of at least 4 members (excludes halogenated alkanes) is 1. The van der Waals surface area contributed by atoms with Gasteiger partial charge in [-0.2, -0.15) is 0 Å². The number of Topliss-reactive ketones (excluding diaryl/α,β-unsaturated/α-hetero) is 1. The lowest BCUT2D eigenvalue weighted by atomic mass is 10.1. The fourth-order valence-corrected chi connectivity index (χ4v) is 1.84. The predicted molar refractivity (Wildman–Crippen MR) is 54.8 cm³/mol. The molecule has 0 aromatic heterocycles. The largest absolute Gasteiger partial charge is 0.303 e. The molecule has 2 nitrogen and oxygen atoms in total. The fourth-order valence-electron chi connectivity index (χ4n) is 1.84. The molecule has 0 aromatic carbocycles. The average molecular weight is 183 g/mol. The Labute approximate surface area is 81.3 Å². The van der Waals surface area contributed by atoms with E-state index in [4.69, 9.17) is 0 Å². The number of ketones is 1. The standard InChI is InChI=1S/C11H21NO/c1-2-3-8-12-9-4-6-11(13)7-5-10-12/h2-10H2,1H3.